The van der Waals surface area contributed by atoms with Crippen molar-refractivity contribution >= 4 is 23.5 Å². The van der Waals surface area contributed by atoms with E-state index in [1.54, 1.807) is 11.5 Å². The highest BCUT2D eigenvalue weighted by molar-refractivity contribution is 8.00. The summed E-state index contributed by atoms with van der Waals surface area (Å²) in [6.07, 6.45) is 0.416. The molecule has 21 heavy (non-hydrogen) atoms. The van der Waals surface area contributed by atoms with Gasteiger partial charge in [0.2, 0.25) is 0 Å². The Hall–Kier alpha value is -2.28. The second-order valence-electron chi connectivity index (χ2n) is 4.33. The van der Waals surface area contributed by atoms with Crippen LogP contribution in [-0.4, -0.2) is 25.9 Å². The number of para-hydroxylation sites is 1. The first-order valence-corrected chi connectivity index (χ1v) is 7.25. The van der Waals surface area contributed by atoms with Crippen LogP contribution in [0.2, 0.25) is 0 Å². The molecular weight excluding hydrogens is 290 g/mol. The molecule has 2 rings (SSSR count). The summed E-state index contributed by atoms with van der Waals surface area (Å²) in [6.45, 7) is 1.77. The number of thioether (sulfide) groups is 1. The van der Waals surface area contributed by atoms with Gasteiger partial charge in [0.15, 0.2) is 5.16 Å². The summed E-state index contributed by atoms with van der Waals surface area (Å²) in [4.78, 5) is 26.7. The van der Waals surface area contributed by atoms with Gasteiger partial charge in [-0.15, -0.1) is 0 Å². The smallest absolute Gasteiger partial charge is 0.317 e. The van der Waals surface area contributed by atoms with E-state index >= 15 is 0 Å². The molecule has 0 saturated carbocycles. The maximum absolute atomic E-state index is 11.6. The van der Waals surface area contributed by atoms with Gasteiger partial charge in [0.1, 0.15) is 11.1 Å². The standard InChI is InChI=1S/C14H15N3O3S/c1-2-10(13(19)20)21-14-16-12(18)8-11(15)17(14)9-6-4-3-5-7-9/h3-8,10H,2,15H2,1H3,(H,19,20)/t10-/m1/s1. The lowest BCUT2D eigenvalue weighted by Gasteiger charge is -2.16. The third kappa shape index (κ3) is 3.43. The van der Waals surface area contributed by atoms with Crippen LogP contribution >= 0.6 is 11.8 Å². The molecule has 0 bridgehead atoms. The van der Waals surface area contributed by atoms with Crippen LogP contribution in [0.1, 0.15) is 13.3 Å². The Bertz CT molecular complexity index is 700. The Balaban J connectivity index is 2.54. The van der Waals surface area contributed by atoms with Crippen molar-refractivity contribution in [3.05, 3.63) is 46.8 Å². The van der Waals surface area contributed by atoms with Gasteiger partial charge in [-0.05, 0) is 18.6 Å². The Labute approximate surface area is 125 Å². The van der Waals surface area contributed by atoms with Crippen LogP contribution in [0.5, 0.6) is 0 Å². The van der Waals surface area contributed by atoms with Crippen LogP contribution < -0.4 is 11.3 Å². The lowest BCUT2D eigenvalue weighted by molar-refractivity contribution is -0.136. The minimum Gasteiger partial charge on any atom is -0.480 e. The second-order valence-corrected chi connectivity index (χ2v) is 5.50. The van der Waals surface area contributed by atoms with Crippen molar-refractivity contribution in [2.24, 2.45) is 0 Å². The van der Waals surface area contributed by atoms with Crippen LogP contribution in [0.3, 0.4) is 0 Å². The number of hydrogen-bond acceptors (Lipinski definition) is 5. The number of carboxylic acid groups (broad SMARTS) is 1. The number of anilines is 1. The van der Waals surface area contributed by atoms with Gasteiger partial charge in [-0.1, -0.05) is 36.9 Å². The SMILES string of the molecule is CC[C@@H](Sc1nc(=O)cc(N)n1-c1ccccc1)C(=O)O. The maximum atomic E-state index is 11.6. The molecule has 7 heteroatoms. The van der Waals surface area contributed by atoms with Gasteiger partial charge in [-0.25, -0.2) is 0 Å². The Morgan fingerprint density at radius 1 is 1.43 bits per heavy atom. The predicted octanol–water partition coefficient (Wildman–Crippen LogP) is 1.77. The molecular formula is C14H15N3O3S. The van der Waals surface area contributed by atoms with Crippen LogP contribution in [0.4, 0.5) is 5.82 Å². The zero-order chi connectivity index (χ0) is 15.4. The van der Waals surface area contributed by atoms with Crippen molar-refractivity contribution in [3.8, 4) is 5.69 Å². The fourth-order valence-electron chi connectivity index (χ4n) is 1.83. The van der Waals surface area contributed by atoms with E-state index < -0.39 is 16.8 Å². The van der Waals surface area contributed by atoms with E-state index in [9.17, 15) is 9.59 Å². The molecule has 1 aromatic heterocycles. The molecule has 110 valence electrons. The van der Waals surface area contributed by atoms with Crippen molar-refractivity contribution in [2.45, 2.75) is 23.8 Å². The van der Waals surface area contributed by atoms with Gasteiger partial charge in [0, 0.05) is 11.8 Å². The molecule has 0 unspecified atom stereocenters. The number of carboxylic acids is 1. The number of aromatic nitrogens is 2. The van der Waals surface area contributed by atoms with Gasteiger partial charge in [0.05, 0.1) is 0 Å². The lowest BCUT2D eigenvalue weighted by Crippen LogP contribution is -2.21. The molecule has 0 spiro atoms. The topological polar surface area (TPSA) is 98.2 Å². The van der Waals surface area contributed by atoms with E-state index in [0.29, 0.717) is 6.42 Å². The molecule has 0 fully saturated rings. The van der Waals surface area contributed by atoms with Gasteiger partial charge >= 0.3 is 5.97 Å². The molecule has 0 aliphatic heterocycles. The first-order valence-electron chi connectivity index (χ1n) is 6.37. The summed E-state index contributed by atoms with van der Waals surface area (Å²) >= 11 is 1.02. The van der Waals surface area contributed by atoms with Crippen molar-refractivity contribution in [2.75, 3.05) is 5.73 Å². The van der Waals surface area contributed by atoms with Crippen LogP contribution in [-0.2, 0) is 4.79 Å². The van der Waals surface area contributed by atoms with Crippen molar-refractivity contribution in [3.63, 3.8) is 0 Å². The number of aliphatic carboxylic acids is 1. The summed E-state index contributed by atoms with van der Waals surface area (Å²) in [5.74, 6) is -0.720. The van der Waals surface area contributed by atoms with E-state index in [0.717, 1.165) is 17.4 Å². The molecule has 0 aliphatic rings. The summed E-state index contributed by atoms with van der Waals surface area (Å²) in [5.41, 5.74) is 6.15. The Kier molecular flexibility index (Phi) is 4.64. The van der Waals surface area contributed by atoms with E-state index in [4.69, 9.17) is 10.8 Å². The normalized spacial score (nSPS) is 12.0. The van der Waals surface area contributed by atoms with Gasteiger partial charge in [-0.3, -0.25) is 14.2 Å². The molecule has 1 heterocycles. The third-order valence-corrected chi connectivity index (χ3v) is 4.14. The van der Waals surface area contributed by atoms with Gasteiger partial charge < -0.3 is 10.8 Å². The molecule has 0 saturated heterocycles. The van der Waals surface area contributed by atoms with E-state index in [1.807, 2.05) is 30.3 Å². The average Bonchev–Trinajstić information content (AvgIpc) is 2.44. The van der Waals surface area contributed by atoms with Crippen molar-refractivity contribution < 1.29 is 9.90 Å². The highest BCUT2D eigenvalue weighted by Crippen LogP contribution is 2.27. The molecule has 1 atom stereocenters. The van der Waals surface area contributed by atoms with Crippen molar-refractivity contribution in [1.82, 2.24) is 9.55 Å². The van der Waals surface area contributed by atoms with Crippen molar-refractivity contribution in [1.29, 1.82) is 0 Å². The zero-order valence-corrected chi connectivity index (χ0v) is 12.2. The van der Waals surface area contributed by atoms with Gasteiger partial charge in [-0.2, -0.15) is 4.98 Å². The minimum atomic E-state index is -0.946. The number of nitrogen functional groups attached to an aromatic ring is 1. The molecule has 0 aliphatic carbocycles. The molecule has 3 N–H and O–H groups in total. The van der Waals surface area contributed by atoms with E-state index in [-0.39, 0.29) is 11.0 Å². The first kappa shape index (κ1) is 15.1. The lowest BCUT2D eigenvalue weighted by atomic mass is 10.3. The zero-order valence-electron chi connectivity index (χ0n) is 11.4. The monoisotopic (exact) mass is 305 g/mol. The number of benzene rings is 1. The molecule has 2 aromatic rings. The van der Waals surface area contributed by atoms with Crippen LogP contribution in [0.15, 0.2) is 46.3 Å². The van der Waals surface area contributed by atoms with E-state index in [1.165, 1.54) is 6.07 Å². The summed E-state index contributed by atoms with van der Waals surface area (Å²) in [6, 6.07) is 10.4. The predicted molar refractivity (Wildman–Crippen MR) is 81.8 cm³/mol. The average molecular weight is 305 g/mol. The third-order valence-electron chi connectivity index (χ3n) is 2.83. The van der Waals surface area contributed by atoms with Crippen LogP contribution in [0, 0.1) is 0 Å². The minimum absolute atomic E-state index is 0.226. The fraction of sp³-hybridized carbons (Fsp3) is 0.214. The first-order chi connectivity index (χ1) is 10.0. The number of rotatable bonds is 5. The fourth-order valence-corrected chi connectivity index (χ4v) is 2.81. The second kappa shape index (κ2) is 6.45. The Morgan fingerprint density at radius 2 is 2.10 bits per heavy atom. The summed E-state index contributed by atoms with van der Waals surface area (Å²) in [7, 11) is 0. The van der Waals surface area contributed by atoms with Crippen LogP contribution in [0.25, 0.3) is 5.69 Å². The molecule has 1 aromatic carbocycles. The highest BCUT2D eigenvalue weighted by Gasteiger charge is 2.20. The number of hydrogen-bond donors (Lipinski definition) is 2. The maximum Gasteiger partial charge on any atom is 0.317 e. The molecule has 0 radical (unpaired) electrons. The van der Waals surface area contributed by atoms with E-state index in [2.05, 4.69) is 4.98 Å². The Morgan fingerprint density at radius 3 is 2.67 bits per heavy atom. The van der Waals surface area contributed by atoms with Gasteiger partial charge in [0.25, 0.3) is 5.56 Å². The number of nitrogens with zero attached hydrogens (tertiary/aromatic N) is 2. The largest absolute Gasteiger partial charge is 0.480 e. The number of carbonyl (C=O) groups is 1. The summed E-state index contributed by atoms with van der Waals surface area (Å²) in [5, 5.41) is 8.76. The quantitative estimate of drug-likeness (QED) is 0.645. The molecule has 0 amide bonds. The highest BCUT2D eigenvalue weighted by atomic mass is 32.2. The number of nitrogens with two attached hydrogens (primary N) is 1. The molecule has 6 nitrogen and oxygen atoms in total. The summed E-state index contributed by atoms with van der Waals surface area (Å²) < 4.78 is 1.58.